The number of nitrogens with one attached hydrogen (secondary N) is 1. The normalized spacial score (nSPS) is 38.5. The quantitative estimate of drug-likeness (QED) is 0.807. The molecule has 0 aromatic rings. The molecule has 0 bridgehead atoms. The first kappa shape index (κ1) is 14.8. The Morgan fingerprint density at radius 1 is 1.00 bits per heavy atom. The van der Waals surface area contributed by atoms with Gasteiger partial charge in [0, 0.05) is 12.1 Å². The van der Waals surface area contributed by atoms with Crippen molar-refractivity contribution in [1.82, 2.24) is 5.32 Å². The fraction of sp³-hybridized carbons (Fsp3) is 1.00. The first-order chi connectivity index (χ1) is 9.79. The average Bonchev–Trinajstić information content (AvgIpc) is 2.74. The summed E-state index contributed by atoms with van der Waals surface area (Å²) in [5, 5.41) is 3.98. The molecule has 1 spiro atoms. The number of rotatable bonds is 2. The highest BCUT2D eigenvalue weighted by Gasteiger charge is 2.46. The second kappa shape index (κ2) is 6.36. The number of hydrogen-bond acceptors (Lipinski definition) is 2. The molecule has 0 radical (unpaired) electrons. The topological polar surface area (TPSA) is 21.3 Å². The van der Waals surface area contributed by atoms with Gasteiger partial charge in [-0.25, -0.2) is 0 Å². The van der Waals surface area contributed by atoms with E-state index in [2.05, 4.69) is 12.2 Å². The third kappa shape index (κ3) is 2.92. The zero-order valence-electron chi connectivity index (χ0n) is 13.4. The molecule has 0 aromatic heterocycles. The third-order valence-electron chi connectivity index (χ3n) is 6.45. The molecule has 1 aliphatic carbocycles. The van der Waals surface area contributed by atoms with Crippen LogP contribution in [-0.2, 0) is 4.74 Å². The molecule has 3 aliphatic rings. The van der Waals surface area contributed by atoms with Gasteiger partial charge in [0.25, 0.3) is 0 Å². The second-order valence-electron chi connectivity index (χ2n) is 7.53. The van der Waals surface area contributed by atoms with Gasteiger partial charge in [0.15, 0.2) is 0 Å². The third-order valence-corrected chi connectivity index (χ3v) is 6.45. The first-order valence-electron chi connectivity index (χ1n) is 9.18. The van der Waals surface area contributed by atoms with Gasteiger partial charge in [0.05, 0.1) is 5.60 Å². The van der Waals surface area contributed by atoms with Gasteiger partial charge in [-0.1, -0.05) is 39.0 Å². The molecule has 20 heavy (non-hydrogen) atoms. The Morgan fingerprint density at radius 3 is 2.55 bits per heavy atom. The average molecular weight is 279 g/mol. The highest BCUT2D eigenvalue weighted by Crippen LogP contribution is 2.46. The van der Waals surface area contributed by atoms with Crippen LogP contribution < -0.4 is 5.32 Å². The van der Waals surface area contributed by atoms with Crippen molar-refractivity contribution in [1.29, 1.82) is 0 Å². The Labute approximate surface area is 125 Å². The molecule has 2 saturated heterocycles. The van der Waals surface area contributed by atoms with Gasteiger partial charge in [0.2, 0.25) is 0 Å². The summed E-state index contributed by atoms with van der Waals surface area (Å²) in [6.45, 7) is 4.65. The molecular weight excluding hydrogens is 246 g/mol. The van der Waals surface area contributed by atoms with Gasteiger partial charge in [-0.15, -0.1) is 0 Å². The number of ether oxygens (including phenoxy) is 1. The monoisotopic (exact) mass is 279 g/mol. The van der Waals surface area contributed by atoms with Crippen molar-refractivity contribution in [2.75, 3.05) is 13.2 Å². The summed E-state index contributed by atoms with van der Waals surface area (Å²) < 4.78 is 6.32. The smallest absolute Gasteiger partial charge is 0.0685 e. The van der Waals surface area contributed by atoms with E-state index in [1.165, 1.54) is 83.6 Å². The minimum absolute atomic E-state index is 0.261. The van der Waals surface area contributed by atoms with E-state index in [0.29, 0.717) is 5.54 Å². The van der Waals surface area contributed by atoms with Gasteiger partial charge in [-0.2, -0.15) is 0 Å². The van der Waals surface area contributed by atoms with Crippen LogP contribution in [0.25, 0.3) is 0 Å². The SMILES string of the molecule is CCC1(C2CCOC3(CCCCC3)C2)CCCCCN1. The second-order valence-corrected chi connectivity index (χ2v) is 7.53. The van der Waals surface area contributed by atoms with Crippen molar-refractivity contribution >= 4 is 0 Å². The summed E-state index contributed by atoms with van der Waals surface area (Å²) in [7, 11) is 0. The maximum atomic E-state index is 6.32. The summed E-state index contributed by atoms with van der Waals surface area (Å²) in [4.78, 5) is 0. The summed E-state index contributed by atoms with van der Waals surface area (Å²) >= 11 is 0. The molecule has 3 fully saturated rings. The predicted octanol–water partition coefficient (Wildman–Crippen LogP) is 4.43. The van der Waals surface area contributed by atoms with Crippen LogP contribution in [0, 0.1) is 5.92 Å². The van der Waals surface area contributed by atoms with Gasteiger partial charge < -0.3 is 10.1 Å². The van der Waals surface area contributed by atoms with Crippen molar-refractivity contribution in [2.24, 2.45) is 5.92 Å². The van der Waals surface area contributed by atoms with Crippen molar-refractivity contribution in [2.45, 2.75) is 95.1 Å². The lowest BCUT2D eigenvalue weighted by Crippen LogP contribution is -2.55. The van der Waals surface area contributed by atoms with E-state index in [-0.39, 0.29) is 5.60 Å². The Kier molecular flexibility index (Phi) is 4.72. The van der Waals surface area contributed by atoms with Crippen LogP contribution >= 0.6 is 0 Å². The van der Waals surface area contributed by atoms with E-state index in [1.807, 2.05) is 0 Å². The first-order valence-corrected chi connectivity index (χ1v) is 9.18. The highest BCUT2D eigenvalue weighted by atomic mass is 16.5. The van der Waals surface area contributed by atoms with Crippen LogP contribution in [0.15, 0.2) is 0 Å². The van der Waals surface area contributed by atoms with Crippen molar-refractivity contribution in [3.05, 3.63) is 0 Å². The van der Waals surface area contributed by atoms with E-state index >= 15 is 0 Å². The van der Waals surface area contributed by atoms with Crippen LogP contribution in [0.3, 0.4) is 0 Å². The minimum Gasteiger partial charge on any atom is -0.375 e. The zero-order chi connectivity index (χ0) is 13.9. The van der Waals surface area contributed by atoms with Gasteiger partial charge in [0.1, 0.15) is 0 Å². The highest BCUT2D eigenvalue weighted by molar-refractivity contribution is 5.01. The summed E-state index contributed by atoms with van der Waals surface area (Å²) in [5.41, 5.74) is 0.683. The predicted molar refractivity (Wildman–Crippen MR) is 84.0 cm³/mol. The van der Waals surface area contributed by atoms with E-state index < -0.39 is 0 Å². The van der Waals surface area contributed by atoms with Crippen molar-refractivity contribution in [3.8, 4) is 0 Å². The molecule has 3 rings (SSSR count). The molecule has 2 heteroatoms. The molecule has 2 atom stereocenters. The fourth-order valence-electron chi connectivity index (χ4n) is 5.15. The number of hydrogen-bond donors (Lipinski definition) is 1. The van der Waals surface area contributed by atoms with Crippen LogP contribution in [0.2, 0.25) is 0 Å². The van der Waals surface area contributed by atoms with Crippen LogP contribution in [0.4, 0.5) is 0 Å². The molecule has 2 unspecified atom stereocenters. The molecule has 2 heterocycles. The Morgan fingerprint density at radius 2 is 1.75 bits per heavy atom. The molecule has 116 valence electrons. The summed E-state index contributed by atoms with van der Waals surface area (Å²) in [5.74, 6) is 0.845. The largest absolute Gasteiger partial charge is 0.375 e. The standard InChI is InChI=1S/C18H33NO/c1-2-18(12-7-4-8-13-19-18)16-9-14-20-17(15-16)10-5-3-6-11-17/h16,19H,2-15H2,1H3. The lowest BCUT2D eigenvalue weighted by Gasteiger charge is -2.50. The summed E-state index contributed by atoms with van der Waals surface area (Å²) in [6.07, 6.45) is 16.4. The minimum atomic E-state index is 0.261. The molecule has 1 N–H and O–H groups in total. The molecule has 2 aliphatic heterocycles. The van der Waals surface area contributed by atoms with E-state index in [0.717, 1.165) is 12.5 Å². The molecule has 0 aromatic carbocycles. The van der Waals surface area contributed by atoms with E-state index in [1.54, 1.807) is 0 Å². The van der Waals surface area contributed by atoms with Crippen molar-refractivity contribution in [3.63, 3.8) is 0 Å². The molecule has 2 nitrogen and oxygen atoms in total. The Balaban J connectivity index is 1.73. The maximum absolute atomic E-state index is 6.32. The fourth-order valence-corrected chi connectivity index (χ4v) is 5.15. The van der Waals surface area contributed by atoms with Crippen molar-refractivity contribution < 1.29 is 4.74 Å². The molecule has 0 amide bonds. The van der Waals surface area contributed by atoms with Crippen LogP contribution in [0.5, 0.6) is 0 Å². The Hall–Kier alpha value is -0.0800. The molecular formula is C18H33NO. The lowest BCUT2D eigenvalue weighted by molar-refractivity contribution is -0.131. The van der Waals surface area contributed by atoms with Gasteiger partial charge in [-0.3, -0.25) is 0 Å². The van der Waals surface area contributed by atoms with Gasteiger partial charge >= 0.3 is 0 Å². The van der Waals surface area contributed by atoms with Gasteiger partial charge in [-0.05, 0) is 57.4 Å². The lowest BCUT2D eigenvalue weighted by atomic mass is 9.67. The summed E-state index contributed by atoms with van der Waals surface area (Å²) in [6, 6.07) is 0. The van der Waals surface area contributed by atoms with E-state index in [4.69, 9.17) is 4.74 Å². The maximum Gasteiger partial charge on any atom is 0.0685 e. The van der Waals surface area contributed by atoms with E-state index in [9.17, 15) is 0 Å². The Bertz CT molecular complexity index is 295. The van der Waals surface area contributed by atoms with Crippen LogP contribution in [0.1, 0.15) is 84.0 Å². The zero-order valence-corrected chi connectivity index (χ0v) is 13.4. The van der Waals surface area contributed by atoms with Crippen LogP contribution in [-0.4, -0.2) is 24.3 Å². The molecule has 1 saturated carbocycles.